The van der Waals surface area contributed by atoms with Crippen LogP contribution in [-0.4, -0.2) is 57.1 Å². The van der Waals surface area contributed by atoms with Crippen molar-refractivity contribution < 1.29 is 28.6 Å². The molecule has 2 aromatic carbocycles. The maximum absolute atomic E-state index is 14.4. The van der Waals surface area contributed by atoms with E-state index < -0.39 is 41.8 Å². The van der Waals surface area contributed by atoms with Crippen LogP contribution in [0.5, 0.6) is 0 Å². The molecule has 8 nitrogen and oxygen atoms in total. The molecule has 0 aliphatic carbocycles. The number of carbonyl (C=O) groups excluding carboxylic acids is 2. The number of aromatic nitrogens is 2. The molecule has 3 aromatic rings. The Kier molecular flexibility index (Phi) is 7.86. The predicted octanol–water partition coefficient (Wildman–Crippen LogP) is 2.29. The molecule has 0 saturated heterocycles. The second-order valence-corrected chi connectivity index (χ2v) is 9.61. The summed E-state index contributed by atoms with van der Waals surface area (Å²) in [5.74, 6) is -2.01. The van der Waals surface area contributed by atoms with Gasteiger partial charge in [0, 0.05) is 18.0 Å². The number of rotatable bonds is 8. The lowest BCUT2D eigenvalue weighted by atomic mass is 9.86. The number of nitrogens with one attached hydrogen (secondary N) is 2. The zero-order valence-corrected chi connectivity index (χ0v) is 20.1. The highest BCUT2D eigenvalue weighted by Crippen LogP contribution is 2.25. The fourth-order valence-corrected chi connectivity index (χ4v) is 3.61. The molecule has 0 aliphatic rings. The van der Waals surface area contributed by atoms with Crippen molar-refractivity contribution in [3.8, 4) is 0 Å². The predicted molar refractivity (Wildman–Crippen MR) is 127 cm³/mol. The largest absolute Gasteiger partial charge is 0.394 e. The Balaban J connectivity index is 1.95. The molecular formula is C25H30F2N4O4. The summed E-state index contributed by atoms with van der Waals surface area (Å²) in [5.41, 5.74) is 0.737. The zero-order chi connectivity index (χ0) is 25.9. The Morgan fingerprint density at radius 2 is 1.80 bits per heavy atom. The maximum Gasteiger partial charge on any atom is 0.273 e. The minimum atomic E-state index is -1.13. The average molecular weight is 489 g/mol. The van der Waals surface area contributed by atoms with Gasteiger partial charge < -0.3 is 20.8 Å². The lowest BCUT2D eigenvalue weighted by Gasteiger charge is -2.30. The molecule has 0 radical (unpaired) electrons. The SMILES string of the molecule is Cc1cc2c(C(=O)NC(C(=O)NCC(O)CO)C(C)(C)C)nn(Cc3ccc(F)cc3)c2cc1F. The molecule has 2 unspecified atom stereocenters. The first kappa shape index (κ1) is 26.2. The molecule has 1 heterocycles. The molecule has 2 atom stereocenters. The molecule has 4 N–H and O–H groups in total. The van der Waals surface area contributed by atoms with E-state index in [4.69, 9.17) is 5.11 Å². The van der Waals surface area contributed by atoms with Crippen molar-refractivity contribution in [2.75, 3.05) is 13.2 Å². The number of nitrogens with zero attached hydrogens (tertiary/aromatic N) is 2. The van der Waals surface area contributed by atoms with Crippen LogP contribution in [0.3, 0.4) is 0 Å². The summed E-state index contributed by atoms with van der Waals surface area (Å²) in [6.07, 6.45) is -1.13. The maximum atomic E-state index is 14.4. The molecule has 1 aromatic heterocycles. The summed E-state index contributed by atoms with van der Waals surface area (Å²) in [4.78, 5) is 26.1. The highest BCUT2D eigenvalue weighted by atomic mass is 19.1. The average Bonchev–Trinajstić information content (AvgIpc) is 3.13. The third kappa shape index (κ3) is 6.20. The number of aryl methyl sites for hydroxylation is 1. The lowest BCUT2D eigenvalue weighted by molar-refractivity contribution is -0.125. The van der Waals surface area contributed by atoms with Crippen LogP contribution in [-0.2, 0) is 11.3 Å². The van der Waals surface area contributed by atoms with Gasteiger partial charge in [0.1, 0.15) is 17.7 Å². The van der Waals surface area contributed by atoms with Crippen molar-refractivity contribution in [3.05, 3.63) is 64.9 Å². The van der Waals surface area contributed by atoms with Gasteiger partial charge in [-0.25, -0.2) is 8.78 Å². The van der Waals surface area contributed by atoms with Crippen LogP contribution in [0.4, 0.5) is 8.78 Å². The van der Waals surface area contributed by atoms with E-state index in [0.717, 1.165) is 0 Å². The molecule has 0 aliphatic heterocycles. The van der Waals surface area contributed by atoms with Crippen molar-refractivity contribution in [2.45, 2.75) is 46.4 Å². The third-order valence-electron chi connectivity index (χ3n) is 5.62. The third-order valence-corrected chi connectivity index (χ3v) is 5.62. The van der Waals surface area contributed by atoms with Crippen LogP contribution in [0.2, 0.25) is 0 Å². The van der Waals surface area contributed by atoms with Gasteiger partial charge >= 0.3 is 0 Å². The summed E-state index contributed by atoms with van der Waals surface area (Å²) in [6.45, 7) is 6.37. The molecule has 0 bridgehead atoms. The van der Waals surface area contributed by atoms with E-state index in [0.29, 0.717) is 22.0 Å². The normalized spacial score (nSPS) is 13.5. The zero-order valence-electron chi connectivity index (χ0n) is 20.1. The topological polar surface area (TPSA) is 116 Å². The first-order chi connectivity index (χ1) is 16.4. The highest BCUT2D eigenvalue weighted by Gasteiger charge is 2.34. The van der Waals surface area contributed by atoms with Gasteiger partial charge in [0.25, 0.3) is 5.91 Å². The van der Waals surface area contributed by atoms with E-state index in [-0.39, 0.29) is 24.6 Å². The number of fused-ring (bicyclic) bond motifs is 1. The molecule has 188 valence electrons. The molecule has 0 fully saturated rings. The van der Waals surface area contributed by atoms with Crippen LogP contribution in [0.25, 0.3) is 10.9 Å². The first-order valence-corrected chi connectivity index (χ1v) is 11.2. The van der Waals surface area contributed by atoms with Gasteiger partial charge in [-0.1, -0.05) is 32.9 Å². The van der Waals surface area contributed by atoms with Crippen LogP contribution < -0.4 is 10.6 Å². The fourth-order valence-electron chi connectivity index (χ4n) is 3.61. The van der Waals surface area contributed by atoms with Gasteiger partial charge in [-0.3, -0.25) is 14.3 Å². The smallest absolute Gasteiger partial charge is 0.273 e. The second kappa shape index (κ2) is 10.5. The van der Waals surface area contributed by atoms with E-state index in [9.17, 15) is 23.5 Å². The Morgan fingerprint density at radius 3 is 2.40 bits per heavy atom. The van der Waals surface area contributed by atoms with Gasteiger partial charge in [0.15, 0.2) is 5.69 Å². The summed E-state index contributed by atoms with van der Waals surface area (Å²) in [7, 11) is 0. The lowest BCUT2D eigenvalue weighted by Crippen LogP contribution is -2.54. The van der Waals surface area contributed by atoms with E-state index in [1.54, 1.807) is 39.8 Å². The van der Waals surface area contributed by atoms with Crippen LogP contribution >= 0.6 is 0 Å². The van der Waals surface area contributed by atoms with Gasteiger partial charge in [-0.2, -0.15) is 5.10 Å². The van der Waals surface area contributed by atoms with Gasteiger partial charge in [-0.15, -0.1) is 0 Å². The number of benzene rings is 2. The minimum absolute atomic E-state index is 0.0163. The number of hydrogen-bond donors (Lipinski definition) is 4. The minimum Gasteiger partial charge on any atom is -0.394 e. The monoisotopic (exact) mass is 488 g/mol. The number of carbonyl (C=O) groups is 2. The van der Waals surface area contributed by atoms with Crippen molar-refractivity contribution in [1.82, 2.24) is 20.4 Å². The number of halogens is 2. The van der Waals surface area contributed by atoms with Crippen LogP contribution in [0.1, 0.15) is 42.4 Å². The Labute approximate surface area is 201 Å². The molecular weight excluding hydrogens is 458 g/mol. The Bertz CT molecular complexity index is 1220. The summed E-state index contributed by atoms with van der Waals surface area (Å²) in [5, 5.41) is 28.6. The van der Waals surface area contributed by atoms with Gasteiger partial charge in [-0.05, 0) is 41.7 Å². The fraction of sp³-hybridized carbons (Fsp3) is 0.400. The molecule has 0 spiro atoms. The standard InChI is InChI=1S/C25H30F2N4O4/c1-14-9-18-20(10-19(14)27)31(12-15-5-7-16(26)8-6-15)30-21(18)23(34)29-22(25(2,3)4)24(35)28-11-17(33)13-32/h5-10,17,22,32-33H,11-13H2,1-4H3,(H,28,35)(H,29,34). The van der Waals surface area contributed by atoms with Crippen LogP contribution in [0, 0.1) is 24.0 Å². The Morgan fingerprint density at radius 1 is 1.14 bits per heavy atom. The molecule has 10 heteroatoms. The summed E-state index contributed by atoms with van der Waals surface area (Å²) >= 11 is 0. The van der Waals surface area contributed by atoms with E-state index in [2.05, 4.69) is 15.7 Å². The van der Waals surface area contributed by atoms with Crippen molar-refractivity contribution in [1.29, 1.82) is 0 Å². The number of aliphatic hydroxyl groups excluding tert-OH is 2. The number of amides is 2. The quantitative estimate of drug-likeness (QED) is 0.388. The summed E-state index contributed by atoms with van der Waals surface area (Å²) in [6, 6.07) is 7.60. The van der Waals surface area contributed by atoms with E-state index in [1.807, 2.05) is 0 Å². The van der Waals surface area contributed by atoms with Crippen molar-refractivity contribution in [3.63, 3.8) is 0 Å². The molecule has 2 amide bonds. The number of aliphatic hydroxyl groups is 2. The molecule has 35 heavy (non-hydrogen) atoms. The molecule has 3 rings (SSSR count). The summed E-state index contributed by atoms with van der Waals surface area (Å²) < 4.78 is 29.2. The van der Waals surface area contributed by atoms with E-state index in [1.165, 1.54) is 28.9 Å². The van der Waals surface area contributed by atoms with Gasteiger partial charge in [0.2, 0.25) is 5.91 Å². The first-order valence-electron chi connectivity index (χ1n) is 11.2. The second-order valence-electron chi connectivity index (χ2n) is 9.61. The molecule has 0 saturated carbocycles. The van der Waals surface area contributed by atoms with Crippen molar-refractivity contribution in [2.24, 2.45) is 5.41 Å². The van der Waals surface area contributed by atoms with Crippen LogP contribution in [0.15, 0.2) is 36.4 Å². The Hall–Kier alpha value is -3.37. The van der Waals surface area contributed by atoms with Gasteiger partial charge in [0.05, 0.1) is 24.8 Å². The van der Waals surface area contributed by atoms with E-state index >= 15 is 0 Å². The highest BCUT2D eigenvalue weighted by molar-refractivity contribution is 6.06. The number of hydrogen-bond acceptors (Lipinski definition) is 5. The van der Waals surface area contributed by atoms with Crippen molar-refractivity contribution >= 4 is 22.7 Å².